The lowest BCUT2D eigenvalue weighted by Crippen LogP contribution is -2.38. The number of carboxylic acid groups (broad SMARTS) is 1. The number of carboxylic acids is 1. The molecule has 0 radical (unpaired) electrons. The number of aryl methyl sites for hydroxylation is 1. The first-order valence-electron chi connectivity index (χ1n) is 10.8. The van der Waals surface area contributed by atoms with Crippen molar-refractivity contribution in [3.05, 3.63) is 51.6 Å². The lowest BCUT2D eigenvalue weighted by atomic mass is 9.80. The molecule has 1 aromatic carbocycles. The fourth-order valence-electron chi connectivity index (χ4n) is 4.88. The first kappa shape index (κ1) is 21.8. The van der Waals surface area contributed by atoms with Gasteiger partial charge in [0.05, 0.1) is 30.4 Å². The van der Waals surface area contributed by atoms with E-state index in [4.69, 9.17) is 16.7 Å². The summed E-state index contributed by atoms with van der Waals surface area (Å²) in [5.41, 5.74) is 3.83. The summed E-state index contributed by atoms with van der Waals surface area (Å²) in [7, 11) is 0. The predicted molar refractivity (Wildman–Crippen MR) is 114 cm³/mol. The largest absolute Gasteiger partial charge is 0.481 e. The van der Waals surface area contributed by atoms with Crippen molar-refractivity contribution in [1.29, 1.82) is 0 Å². The third kappa shape index (κ3) is 4.92. The van der Waals surface area contributed by atoms with Crippen LogP contribution in [0.25, 0.3) is 0 Å². The number of carbonyl (C=O) groups is 2. The lowest BCUT2D eigenvalue weighted by molar-refractivity contribution is -0.143. The topological polar surface area (TPSA) is 75.4 Å². The molecule has 1 aliphatic carbocycles. The van der Waals surface area contributed by atoms with Crippen LogP contribution in [0.4, 0.5) is 4.39 Å². The maximum atomic E-state index is 13.7. The van der Waals surface area contributed by atoms with Crippen molar-refractivity contribution in [2.75, 3.05) is 6.54 Å². The van der Waals surface area contributed by atoms with Crippen LogP contribution in [0.2, 0.25) is 5.02 Å². The van der Waals surface area contributed by atoms with Gasteiger partial charge in [-0.2, -0.15) is 5.10 Å². The quantitative estimate of drug-likeness (QED) is 0.745. The van der Waals surface area contributed by atoms with E-state index in [2.05, 4.69) is 5.10 Å². The Labute approximate surface area is 186 Å². The maximum absolute atomic E-state index is 13.7. The minimum atomic E-state index is -0.725. The van der Waals surface area contributed by atoms with Crippen LogP contribution in [0.15, 0.2) is 18.2 Å². The number of fused-ring (bicyclic) bond motifs is 1. The highest BCUT2D eigenvalue weighted by Gasteiger charge is 2.30. The van der Waals surface area contributed by atoms with E-state index in [1.165, 1.54) is 12.1 Å². The number of benzene rings is 1. The van der Waals surface area contributed by atoms with E-state index >= 15 is 0 Å². The molecule has 1 aromatic heterocycles. The van der Waals surface area contributed by atoms with Crippen LogP contribution in [0.5, 0.6) is 0 Å². The van der Waals surface area contributed by atoms with Gasteiger partial charge in [-0.05, 0) is 74.3 Å². The van der Waals surface area contributed by atoms with Crippen molar-refractivity contribution >= 4 is 23.5 Å². The second-order valence-corrected chi connectivity index (χ2v) is 9.21. The summed E-state index contributed by atoms with van der Waals surface area (Å²) in [5, 5.41) is 14.1. The van der Waals surface area contributed by atoms with Gasteiger partial charge in [0.15, 0.2) is 0 Å². The van der Waals surface area contributed by atoms with E-state index in [1.54, 1.807) is 6.07 Å². The summed E-state index contributed by atoms with van der Waals surface area (Å²) in [6.45, 7) is 3.51. The van der Waals surface area contributed by atoms with Gasteiger partial charge < -0.3 is 10.0 Å². The SMILES string of the molecule is Cc1nn(Cc2cc(F)cc(Cl)c2)c2c1CCN(C(=O)C[C@H]1CC[C@H](C(=O)O)CC1)C2. The summed E-state index contributed by atoms with van der Waals surface area (Å²) in [4.78, 5) is 26.0. The summed E-state index contributed by atoms with van der Waals surface area (Å²) in [5.74, 6) is -1.00. The Kier molecular flexibility index (Phi) is 6.32. The Hall–Kier alpha value is -2.41. The van der Waals surface area contributed by atoms with Crippen LogP contribution < -0.4 is 0 Å². The molecule has 0 saturated heterocycles. The molecule has 1 fully saturated rings. The molecule has 1 saturated carbocycles. The molecule has 8 heteroatoms. The Morgan fingerprint density at radius 2 is 1.97 bits per heavy atom. The van der Waals surface area contributed by atoms with Gasteiger partial charge in [-0.1, -0.05) is 11.6 Å². The Morgan fingerprint density at radius 3 is 2.65 bits per heavy atom. The highest BCUT2D eigenvalue weighted by molar-refractivity contribution is 6.30. The molecule has 0 atom stereocenters. The first-order valence-corrected chi connectivity index (χ1v) is 11.2. The fourth-order valence-corrected chi connectivity index (χ4v) is 5.13. The molecule has 1 aliphatic heterocycles. The number of hydrogen-bond acceptors (Lipinski definition) is 3. The molecular weight excluding hydrogens is 421 g/mol. The number of amides is 1. The molecule has 2 aliphatic rings. The molecule has 0 spiro atoms. The van der Waals surface area contributed by atoms with Crippen molar-refractivity contribution in [3.63, 3.8) is 0 Å². The normalized spacial score (nSPS) is 21.1. The highest BCUT2D eigenvalue weighted by atomic mass is 35.5. The van der Waals surface area contributed by atoms with Crippen molar-refractivity contribution in [2.24, 2.45) is 11.8 Å². The van der Waals surface area contributed by atoms with Crippen LogP contribution in [0.1, 0.15) is 54.6 Å². The molecule has 166 valence electrons. The van der Waals surface area contributed by atoms with Crippen molar-refractivity contribution in [2.45, 2.75) is 58.5 Å². The van der Waals surface area contributed by atoms with E-state index < -0.39 is 5.97 Å². The summed E-state index contributed by atoms with van der Waals surface area (Å²) < 4.78 is 15.6. The van der Waals surface area contributed by atoms with E-state index in [-0.39, 0.29) is 23.6 Å². The zero-order valence-corrected chi connectivity index (χ0v) is 18.4. The van der Waals surface area contributed by atoms with Crippen LogP contribution in [0.3, 0.4) is 0 Å². The van der Waals surface area contributed by atoms with E-state index in [0.29, 0.717) is 43.9 Å². The molecule has 6 nitrogen and oxygen atoms in total. The minimum Gasteiger partial charge on any atom is -0.481 e. The summed E-state index contributed by atoms with van der Waals surface area (Å²) in [6.07, 6.45) is 4.11. The third-order valence-corrected chi connectivity index (χ3v) is 6.82. The molecule has 2 aromatic rings. The molecule has 1 N–H and O–H groups in total. The monoisotopic (exact) mass is 447 g/mol. The average molecular weight is 448 g/mol. The molecule has 31 heavy (non-hydrogen) atoms. The standard InChI is InChI=1S/C23H27ClFN3O3/c1-14-20-6-7-27(22(29)10-15-2-4-17(5-3-15)23(30)31)13-21(20)28(26-14)12-16-8-18(24)11-19(25)9-16/h8-9,11,15,17H,2-7,10,12-13H2,1H3,(H,30,31)/t15-,17-. The predicted octanol–water partition coefficient (Wildman–Crippen LogP) is 4.20. The number of halogens is 2. The number of rotatable bonds is 5. The molecule has 2 heterocycles. The zero-order chi connectivity index (χ0) is 22.1. The third-order valence-electron chi connectivity index (χ3n) is 6.61. The molecule has 1 amide bonds. The number of hydrogen-bond donors (Lipinski definition) is 1. The van der Waals surface area contributed by atoms with Gasteiger partial charge in [0.1, 0.15) is 5.82 Å². The molecule has 0 bridgehead atoms. The number of nitrogens with zero attached hydrogens (tertiary/aromatic N) is 3. The lowest BCUT2D eigenvalue weighted by Gasteiger charge is -2.31. The van der Waals surface area contributed by atoms with E-state index in [1.807, 2.05) is 16.5 Å². The van der Waals surface area contributed by atoms with E-state index in [0.717, 1.165) is 41.8 Å². The average Bonchev–Trinajstić information content (AvgIpc) is 3.02. The Bertz CT molecular complexity index is 978. The second kappa shape index (κ2) is 8.99. The number of aliphatic carboxylic acids is 1. The zero-order valence-electron chi connectivity index (χ0n) is 17.6. The van der Waals surface area contributed by atoms with Crippen molar-refractivity contribution < 1.29 is 19.1 Å². The van der Waals surface area contributed by atoms with E-state index in [9.17, 15) is 14.0 Å². The second-order valence-electron chi connectivity index (χ2n) is 8.77. The van der Waals surface area contributed by atoms with Gasteiger partial charge in [0.25, 0.3) is 0 Å². The molecule has 0 unspecified atom stereocenters. The van der Waals surface area contributed by atoms with Gasteiger partial charge in [0, 0.05) is 18.0 Å². The Morgan fingerprint density at radius 1 is 1.23 bits per heavy atom. The molecular formula is C23H27ClFN3O3. The van der Waals surface area contributed by atoms with Crippen molar-refractivity contribution in [3.8, 4) is 0 Å². The maximum Gasteiger partial charge on any atom is 0.306 e. The van der Waals surface area contributed by atoms with Gasteiger partial charge in [-0.15, -0.1) is 0 Å². The smallest absolute Gasteiger partial charge is 0.306 e. The Balaban J connectivity index is 1.43. The van der Waals surface area contributed by atoms with Gasteiger partial charge in [0.2, 0.25) is 5.91 Å². The van der Waals surface area contributed by atoms with Crippen LogP contribution in [0, 0.1) is 24.6 Å². The number of aromatic nitrogens is 2. The minimum absolute atomic E-state index is 0.114. The van der Waals surface area contributed by atoms with Gasteiger partial charge >= 0.3 is 5.97 Å². The molecule has 4 rings (SSSR count). The van der Waals surface area contributed by atoms with Crippen LogP contribution >= 0.6 is 11.6 Å². The highest BCUT2D eigenvalue weighted by Crippen LogP contribution is 2.32. The fraction of sp³-hybridized carbons (Fsp3) is 0.522. The van der Waals surface area contributed by atoms with Crippen molar-refractivity contribution in [1.82, 2.24) is 14.7 Å². The van der Waals surface area contributed by atoms with Crippen LogP contribution in [-0.2, 0) is 29.1 Å². The van der Waals surface area contributed by atoms with Gasteiger partial charge in [-0.25, -0.2) is 4.39 Å². The summed E-state index contributed by atoms with van der Waals surface area (Å²) in [6, 6.07) is 4.46. The van der Waals surface area contributed by atoms with Gasteiger partial charge in [-0.3, -0.25) is 14.3 Å². The number of carbonyl (C=O) groups excluding carboxylic acids is 1. The first-order chi connectivity index (χ1) is 14.8. The summed E-state index contributed by atoms with van der Waals surface area (Å²) >= 11 is 5.99. The van der Waals surface area contributed by atoms with Crippen LogP contribution in [-0.4, -0.2) is 38.2 Å².